The smallest absolute Gasteiger partial charge is 0.337 e. The SMILES string of the molecule is COC(=O)c1ccc(-n2c(C)cc([C@H]3[C@H](c4ccccn4)NC(=S)N3c3ccccc3O)c2C)cc1. The summed E-state index contributed by atoms with van der Waals surface area (Å²) in [4.78, 5) is 18.5. The molecule has 182 valence electrons. The fourth-order valence-corrected chi connectivity index (χ4v) is 5.29. The number of ether oxygens (including phenoxy) is 1. The molecule has 36 heavy (non-hydrogen) atoms. The lowest BCUT2D eigenvalue weighted by molar-refractivity contribution is 0.0600. The van der Waals surface area contributed by atoms with Crippen LogP contribution in [0, 0.1) is 13.8 Å². The van der Waals surface area contributed by atoms with Gasteiger partial charge in [0.05, 0.1) is 36.1 Å². The highest BCUT2D eigenvalue weighted by Crippen LogP contribution is 2.45. The van der Waals surface area contributed by atoms with E-state index in [1.807, 2.05) is 54.3 Å². The molecule has 2 N–H and O–H groups in total. The van der Waals surface area contributed by atoms with E-state index in [2.05, 4.69) is 27.9 Å². The molecule has 3 heterocycles. The molecule has 2 aromatic carbocycles. The minimum atomic E-state index is -0.370. The average Bonchev–Trinajstić information content (AvgIpc) is 3.39. The molecule has 4 aromatic rings. The zero-order valence-electron chi connectivity index (χ0n) is 20.2. The second-order valence-corrected chi connectivity index (χ2v) is 9.07. The van der Waals surface area contributed by atoms with Gasteiger partial charge in [0.25, 0.3) is 0 Å². The highest BCUT2D eigenvalue weighted by atomic mass is 32.1. The first-order valence-corrected chi connectivity index (χ1v) is 12.0. The Bertz CT molecular complexity index is 1430. The van der Waals surface area contributed by atoms with Gasteiger partial charge in [-0.25, -0.2) is 4.79 Å². The van der Waals surface area contributed by atoms with Crippen LogP contribution >= 0.6 is 12.2 Å². The summed E-state index contributed by atoms with van der Waals surface area (Å²) >= 11 is 5.79. The van der Waals surface area contributed by atoms with E-state index in [1.165, 1.54) is 7.11 Å². The van der Waals surface area contributed by atoms with Crippen LogP contribution in [0.25, 0.3) is 5.69 Å². The van der Waals surface area contributed by atoms with Gasteiger partial charge in [-0.3, -0.25) is 4.98 Å². The molecule has 2 atom stereocenters. The zero-order chi connectivity index (χ0) is 25.4. The van der Waals surface area contributed by atoms with E-state index >= 15 is 0 Å². The summed E-state index contributed by atoms with van der Waals surface area (Å²) < 4.78 is 6.98. The van der Waals surface area contributed by atoms with Crippen molar-refractivity contribution >= 4 is 29.0 Å². The number of hydrogen-bond donors (Lipinski definition) is 2. The summed E-state index contributed by atoms with van der Waals surface area (Å²) in [5.74, 6) is -0.217. The van der Waals surface area contributed by atoms with Crippen LogP contribution < -0.4 is 10.2 Å². The molecule has 1 saturated heterocycles. The highest BCUT2D eigenvalue weighted by Gasteiger charge is 2.43. The van der Waals surface area contributed by atoms with E-state index in [9.17, 15) is 9.90 Å². The number of thiocarbonyl (C=S) groups is 1. The number of aryl methyl sites for hydroxylation is 1. The number of aromatic nitrogens is 2. The van der Waals surface area contributed by atoms with E-state index in [1.54, 1.807) is 30.5 Å². The van der Waals surface area contributed by atoms with Gasteiger partial charge in [0.15, 0.2) is 5.11 Å². The first-order chi connectivity index (χ1) is 17.4. The van der Waals surface area contributed by atoms with E-state index in [0.717, 1.165) is 28.3 Å². The molecular formula is C28H26N4O3S. The lowest BCUT2D eigenvalue weighted by atomic mass is 9.96. The number of phenolic OH excluding ortho intramolecular Hbond substituents is 1. The monoisotopic (exact) mass is 498 g/mol. The van der Waals surface area contributed by atoms with E-state index < -0.39 is 0 Å². The van der Waals surface area contributed by atoms with E-state index in [-0.39, 0.29) is 23.8 Å². The third kappa shape index (κ3) is 3.99. The number of carbonyl (C=O) groups excluding carboxylic acids is 1. The Labute approximate surface area is 215 Å². The first kappa shape index (κ1) is 23.6. The summed E-state index contributed by atoms with van der Waals surface area (Å²) in [6.07, 6.45) is 1.77. The van der Waals surface area contributed by atoms with Crippen molar-refractivity contribution in [1.82, 2.24) is 14.9 Å². The van der Waals surface area contributed by atoms with Crippen molar-refractivity contribution in [2.45, 2.75) is 25.9 Å². The number of benzene rings is 2. The molecule has 1 aliphatic rings. The van der Waals surface area contributed by atoms with Crippen molar-refractivity contribution in [3.8, 4) is 11.4 Å². The topological polar surface area (TPSA) is 79.6 Å². The number of nitrogens with zero attached hydrogens (tertiary/aromatic N) is 3. The second kappa shape index (κ2) is 9.47. The van der Waals surface area contributed by atoms with Gasteiger partial charge >= 0.3 is 5.97 Å². The average molecular weight is 499 g/mol. The lowest BCUT2D eigenvalue weighted by Gasteiger charge is -2.28. The number of esters is 1. The van der Waals surface area contributed by atoms with Crippen LogP contribution in [0.5, 0.6) is 5.75 Å². The minimum absolute atomic E-state index is 0.153. The number of carbonyl (C=O) groups is 1. The van der Waals surface area contributed by atoms with Crippen molar-refractivity contribution < 1.29 is 14.6 Å². The molecule has 0 amide bonds. The Morgan fingerprint density at radius 3 is 2.44 bits per heavy atom. The van der Waals surface area contributed by atoms with Gasteiger partial charge in [0, 0.05) is 23.3 Å². The summed E-state index contributed by atoms with van der Waals surface area (Å²) in [6, 6.07) is 22.0. The van der Waals surface area contributed by atoms with Crippen LogP contribution in [0.4, 0.5) is 5.69 Å². The van der Waals surface area contributed by atoms with Gasteiger partial charge in [0.2, 0.25) is 0 Å². The molecule has 2 aromatic heterocycles. The molecule has 0 spiro atoms. The number of hydrogen-bond acceptors (Lipinski definition) is 5. The third-order valence-electron chi connectivity index (χ3n) is 6.57. The summed E-state index contributed by atoms with van der Waals surface area (Å²) in [7, 11) is 1.37. The summed E-state index contributed by atoms with van der Waals surface area (Å²) in [6.45, 7) is 4.11. The van der Waals surface area contributed by atoms with E-state index in [0.29, 0.717) is 16.4 Å². The Kier molecular flexibility index (Phi) is 6.20. The molecule has 5 rings (SSSR count). The normalized spacial score (nSPS) is 17.2. The van der Waals surface area contributed by atoms with Crippen LogP contribution in [-0.4, -0.2) is 32.8 Å². The molecule has 1 aliphatic heterocycles. The van der Waals surface area contributed by atoms with Crippen molar-refractivity contribution in [2.75, 3.05) is 12.0 Å². The van der Waals surface area contributed by atoms with Crippen LogP contribution in [0.3, 0.4) is 0 Å². The van der Waals surface area contributed by atoms with Crippen LogP contribution in [0.2, 0.25) is 0 Å². The Morgan fingerprint density at radius 1 is 1.06 bits per heavy atom. The molecule has 0 saturated carbocycles. The Morgan fingerprint density at radius 2 is 1.78 bits per heavy atom. The van der Waals surface area contributed by atoms with Crippen molar-refractivity contribution in [2.24, 2.45) is 0 Å². The third-order valence-corrected chi connectivity index (χ3v) is 6.89. The number of anilines is 1. The predicted molar refractivity (Wildman–Crippen MR) is 143 cm³/mol. The molecule has 7 nitrogen and oxygen atoms in total. The van der Waals surface area contributed by atoms with Gasteiger partial charge < -0.3 is 24.6 Å². The van der Waals surface area contributed by atoms with E-state index in [4.69, 9.17) is 17.0 Å². The Balaban J connectivity index is 1.64. The zero-order valence-corrected chi connectivity index (χ0v) is 21.0. The molecule has 0 unspecified atom stereocenters. The molecule has 0 radical (unpaired) electrons. The largest absolute Gasteiger partial charge is 0.506 e. The molecule has 0 bridgehead atoms. The number of pyridine rings is 1. The fraction of sp³-hybridized carbons (Fsp3) is 0.179. The summed E-state index contributed by atoms with van der Waals surface area (Å²) in [5, 5.41) is 14.7. The lowest BCUT2D eigenvalue weighted by Crippen LogP contribution is -2.29. The molecule has 8 heteroatoms. The second-order valence-electron chi connectivity index (χ2n) is 8.69. The van der Waals surface area contributed by atoms with Gasteiger partial charge in [-0.05, 0) is 86.2 Å². The maximum atomic E-state index is 11.9. The maximum absolute atomic E-state index is 11.9. The van der Waals surface area contributed by atoms with Gasteiger partial charge in [-0.1, -0.05) is 18.2 Å². The van der Waals surface area contributed by atoms with Crippen LogP contribution in [-0.2, 0) is 4.74 Å². The standard InChI is InChI=1S/C28H26N4O3S/c1-17-16-21(18(2)31(17)20-13-11-19(12-14-20)27(34)35-3)26-25(22-8-6-7-15-29-22)30-28(36)32(26)23-9-4-5-10-24(23)33/h4-16,25-26,33H,1-3H3,(H,30,36)/t25-,26-/m0/s1. The Hall–Kier alpha value is -4.17. The van der Waals surface area contributed by atoms with Gasteiger partial charge in [-0.2, -0.15) is 0 Å². The number of para-hydroxylation sites is 2. The fourth-order valence-electron chi connectivity index (χ4n) is 4.95. The highest BCUT2D eigenvalue weighted by molar-refractivity contribution is 7.80. The number of rotatable bonds is 5. The maximum Gasteiger partial charge on any atom is 0.337 e. The van der Waals surface area contributed by atoms with Crippen LogP contribution in [0.1, 0.15) is 45.1 Å². The van der Waals surface area contributed by atoms with Crippen molar-refractivity contribution in [3.63, 3.8) is 0 Å². The molecular weight excluding hydrogens is 472 g/mol. The molecule has 1 fully saturated rings. The van der Waals surface area contributed by atoms with Crippen molar-refractivity contribution in [1.29, 1.82) is 0 Å². The number of methoxy groups -OCH3 is 1. The number of aromatic hydroxyl groups is 1. The minimum Gasteiger partial charge on any atom is -0.506 e. The number of phenols is 1. The summed E-state index contributed by atoms with van der Waals surface area (Å²) in [5.41, 5.74) is 6.02. The molecule has 0 aliphatic carbocycles. The first-order valence-electron chi connectivity index (χ1n) is 11.6. The predicted octanol–water partition coefficient (Wildman–Crippen LogP) is 5.16. The van der Waals surface area contributed by atoms with Crippen molar-refractivity contribution in [3.05, 3.63) is 107 Å². The van der Waals surface area contributed by atoms with Gasteiger partial charge in [0.1, 0.15) is 5.75 Å². The van der Waals surface area contributed by atoms with Crippen LogP contribution in [0.15, 0.2) is 79.0 Å². The van der Waals surface area contributed by atoms with Gasteiger partial charge in [-0.15, -0.1) is 0 Å². The number of nitrogens with one attached hydrogen (secondary N) is 1. The quantitative estimate of drug-likeness (QED) is 0.291.